The second-order valence-corrected chi connectivity index (χ2v) is 6.27. The lowest BCUT2D eigenvalue weighted by Crippen LogP contribution is -2.19. The lowest BCUT2D eigenvalue weighted by Gasteiger charge is -2.13. The Balaban J connectivity index is 2.38. The summed E-state index contributed by atoms with van der Waals surface area (Å²) in [5, 5.41) is 67.8. The van der Waals surface area contributed by atoms with E-state index in [1.165, 1.54) is 0 Å². The maximum Gasteiger partial charge on any atom is 0.338 e. The van der Waals surface area contributed by atoms with Crippen LogP contribution in [0.2, 0.25) is 0 Å². The first kappa shape index (κ1) is 24.8. The number of nitro benzene ring substituents is 4. The van der Waals surface area contributed by atoms with Crippen LogP contribution in [0.5, 0.6) is 0 Å². The van der Waals surface area contributed by atoms with Crippen LogP contribution in [-0.4, -0.2) is 54.9 Å². The van der Waals surface area contributed by atoms with Gasteiger partial charge in [0.2, 0.25) is 0 Å². The number of aromatic carboxylic acids is 2. The maximum absolute atomic E-state index is 11.5. The fourth-order valence-electron chi connectivity index (χ4n) is 2.81. The zero-order valence-corrected chi connectivity index (χ0v) is 16.5. The average molecular weight is 480 g/mol. The third-order valence-corrected chi connectivity index (χ3v) is 4.21. The molecule has 178 valence electrons. The highest BCUT2D eigenvalue weighted by Gasteiger charge is 2.29. The van der Waals surface area contributed by atoms with E-state index in [1.54, 1.807) is 0 Å². The molecule has 0 aliphatic carbocycles. The molecule has 0 fully saturated rings. The van der Waals surface area contributed by atoms with Gasteiger partial charge in [-0.1, -0.05) is 0 Å². The summed E-state index contributed by atoms with van der Waals surface area (Å²) in [6.07, 6.45) is 0. The molecular weight excluding hydrogens is 468 g/mol. The molecule has 0 amide bonds. The van der Waals surface area contributed by atoms with E-state index in [2.05, 4.69) is 10.6 Å². The van der Waals surface area contributed by atoms with Crippen LogP contribution in [0, 0.1) is 40.5 Å². The van der Waals surface area contributed by atoms with E-state index in [0.29, 0.717) is 24.3 Å². The molecule has 0 aliphatic heterocycles. The molecule has 0 aromatic heterocycles. The third kappa shape index (κ3) is 5.25. The fourth-order valence-corrected chi connectivity index (χ4v) is 2.81. The molecule has 0 unspecified atom stereocenters. The van der Waals surface area contributed by atoms with Crippen LogP contribution in [0.4, 0.5) is 34.1 Å². The molecule has 2 aromatic rings. The summed E-state index contributed by atoms with van der Waals surface area (Å²) in [5.41, 5.74) is -6.34. The summed E-state index contributed by atoms with van der Waals surface area (Å²) < 4.78 is 0. The van der Waals surface area contributed by atoms with E-state index in [-0.39, 0.29) is 13.1 Å². The number of anilines is 2. The minimum atomic E-state index is -1.72. The molecule has 2 rings (SSSR count). The Bertz CT molecular complexity index is 1080. The van der Waals surface area contributed by atoms with Gasteiger partial charge in [-0.3, -0.25) is 40.5 Å². The van der Waals surface area contributed by atoms with Gasteiger partial charge in [-0.25, -0.2) is 9.59 Å². The van der Waals surface area contributed by atoms with E-state index >= 15 is 0 Å². The molecule has 0 bridgehead atoms. The molecular formula is C16H12N6O12. The van der Waals surface area contributed by atoms with Crippen molar-refractivity contribution in [2.24, 2.45) is 0 Å². The van der Waals surface area contributed by atoms with Gasteiger partial charge in [0.25, 0.3) is 22.7 Å². The molecule has 0 saturated heterocycles. The Morgan fingerprint density at radius 2 is 0.971 bits per heavy atom. The number of hydrogen-bond acceptors (Lipinski definition) is 12. The molecule has 2 aromatic carbocycles. The molecule has 4 N–H and O–H groups in total. The summed E-state index contributed by atoms with van der Waals surface area (Å²) in [5.74, 6) is -3.44. The first-order valence-corrected chi connectivity index (χ1v) is 8.73. The third-order valence-electron chi connectivity index (χ3n) is 4.21. The van der Waals surface area contributed by atoms with Crippen molar-refractivity contribution >= 4 is 46.1 Å². The molecule has 0 heterocycles. The Morgan fingerprint density at radius 3 is 1.21 bits per heavy atom. The van der Waals surface area contributed by atoms with Crippen LogP contribution in [-0.2, 0) is 0 Å². The van der Waals surface area contributed by atoms with Crippen molar-refractivity contribution in [2.75, 3.05) is 23.7 Å². The van der Waals surface area contributed by atoms with E-state index in [0.717, 1.165) is 0 Å². The first-order valence-electron chi connectivity index (χ1n) is 8.73. The second kappa shape index (κ2) is 9.80. The number of nitrogens with zero attached hydrogens (tertiary/aromatic N) is 4. The van der Waals surface area contributed by atoms with Crippen molar-refractivity contribution in [3.8, 4) is 0 Å². The number of nitro groups is 4. The van der Waals surface area contributed by atoms with Crippen LogP contribution < -0.4 is 10.6 Å². The van der Waals surface area contributed by atoms with Gasteiger partial charge in [0.05, 0.1) is 43.0 Å². The second-order valence-electron chi connectivity index (χ2n) is 6.27. The van der Waals surface area contributed by atoms with Gasteiger partial charge in [-0.15, -0.1) is 0 Å². The molecule has 0 atom stereocenters. The Hall–Kier alpha value is -5.42. The van der Waals surface area contributed by atoms with Crippen LogP contribution >= 0.6 is 0 Å². The molecule has 0 saturated carbocycles. The minimum absolute atomic E-state index is 0.383. The number of carbonyl (C=O) groups is 2. The smallest absolute Gasteiger partial charge is 0.338 e. The van der Waals surface area contributed by atoms with Crippen molar-refractivity contribution in [1.29, 1.82) is 0 Å². The molecule has 18 heteroatoms. The summed E-state index contributed by atoms with van der Waals surface area (Å²) >= 11 is 0. The van der Waals surface area contributed by atoms with E-state index in [9.17, 15) is 60.3 Å². The van der Waals surface area contributed by atoms with Gasteiger partial charge in [-0.05, 0) is 0 Å². The van der Waals surface area contributed by atoms with Crippen molar-refractivity contribution in [3.63, 3.8) is 0 Å². The van der Waals surface area contributed by atoms with Crippen molar-refractivity contribution in [1.82, 2.24) is 0 Å². The Labute approximate surface area is 186 Å². The van der Waals surface area contributed by atoms with Gasteiger partial charge in [0.15, 0.2) is 0 Å². The molecule has 18 nitrogen and oxygen atoms in total. The van der Waals surface area contributed by atoms with Gasteiger partial charge in [0, 0.05) is 25.2 Å². The van der Waals surface area contributed by atoms with Crippen molar-refractivity contribution in [3.05, 3.63) is 75.8 Å². The molecule has 0 radical (unpaired) electrons. The summed E-state index contributed by atoms with van der Waals surface area (Å²) in [4.78, 5) is 63.2. The van der Waals surface area contributed by atoms with Gasteiger partial charge in [0.1, 0.15) is 11.4 Å². The SMILES string of the molecule is O=C(O)c1cc([N+](=O)[O-])cc([N+](=O)[O-])c1NCCNc1c(C(=O)O)cc([N+](=O)[O-])cc1[N+](=O)[O-]. The molecule has 0 aliphatic rings. The van der Waals surface area contributed by atoms with Crippen LogP contribution in [0.3, 0.4) is 0 Å². The number of rotatable bonds is 11. The molecule has 0 spiro atoms. The van der Waals surface area contributed by atoms with Crippen molar-refractivity contribution < 1.29 is 39.5 Å². The predicted octanol–water partition coefficient (Wildman–Crippen LogP) is 2.24. The van der Waals surface area contributed by atoms with Crippen LogP contribution in [0.1, 0.15) is 20.7 Å². The van der Waals surface area contributed by atoms with Crippen LogP contribution in [0.15, 0.2) is 24.3 Å². The number of benzene rings is 2. The van der Waals surface area contributed by atoms with E-state index in [4.69, 9.17) is 0 Å². The zero-order chi connectivity index (χ0) is 25.7. The standard InChI is InChI=1S/C16H12N6O12/c23-15(24)9-3-7(19(27)28)5-11(21(31)32)13(9)17-1-2-18-14-10(16(25)26)4-8(20(29)30)6-12(14)22(33)34/h3-6,17-18H,1-2H2,(H,23,24)(H,25,26). The summed E-state index contributed by atoms with van der Waals surface area (Å²) in [6.45, 7) is -0.766. The number of non-ortho nitro benzene ring substituents is 2. The normalized spacial score (nSPS) is 10.2. The number of nitrogens with one attached hydrogen (secondary N) is 2. The first-order chi connectivity index (χ1) is 15.8. The van der Waals surface area contributed by atoms with E-state index < -0.39 is 76.9 Å². The highest BCUT2D eigenvalue weighted by molar-refractivity contribution is 5.99. The zero-order valence-electron chi connectivity index (χ0n) is 16.5. The fraction of sp³-hybridized carbons (Fsp3) is 0.125. The largest absolute Gasteiger partial charge is 0.478 e. The monoisotopic (exact) mass is 480 g/mol. The number of carboxylic acid groups (broad SMARTS) is 2. The highest BCUT2D eigenvalue weighted by atomic mass is 16.6. The van der Waals surface area contributed by atoms with Crippen LogP contribution in [0.25, 0.3) is 0 Å². The Morgan fingerprint density at radius 1 is 0.647 bits per heavy atom. The predicted molar refractivity (Wildman–Crippen MR) is 110 cm³/mol. The van der Waals surface area contributed by atoms with E-state index in [1.807, 2.05) is 0 Å². The maximum atomic E-state index is 11.5. The lowest BCUT2D eigenvalue weighted by molar-refractivity contribution is -0.393. The Kier molecular flexibility index (Phi) is 7.16. The average Bonchev–Trinajstić information content (AvgIpc) is 2.75. The number of hydrogen-bond donors (Lipinski definition) is 4. The highest BCUT2D eigenvalue weighted by Crippen LogP contribution is 2.35. The van der Waals surface area contributed by atoms with Gasteiger partial charge >= 0.3 is 11.9 Å². The minimum Gasteiger partial charge on any atom is -0.478 e. The van der Waals surface area contributed by atoms with Gasteiger partial charge < -0.3 is 20.8 Å². The van der Waals surface area contributed by atoms with Crippen molar-refractivity contribution in [2.45, 2.75) is 0 Å². The molecule has 34 heavy (non-hydrogen) atoms. The quantitative estimate of drug-likeness (QED) is 0.204. The lowest BCUT2D eigenvalue weighted by atomic mass is 10.1. The topological polar surface area (TPSA) is 271 Å². The number of carboxylic acids is 2. The van der Waals surface area contributed by atoms with Gasteiger partial charge in [-0.2, -0.15) is 0 Å². The summed E-state index contributed by atoms with van der Waals surface area (Å²) in [6, 6.07) is 2.25. The summed E-state index contributed by atoms with van der Waals surface area (Å²) in [7, 11) is 0.